The van der Waals surface area contributed by atoms with Crippen LogP contribution >= 0.6 is 11.6 Å². The molecular formula is C15H11ClN4O. The highest BCUT2D eigenvalue weighted by molar-refractivity contribution is 6.30. The Balaban J connectivity index is 1.89. The molecule has 3 N–H and O–H groups in total. The maximum atomic E-state index is 11.4. The van der Waals surface area contributed by atoms with Crippen molar-refractivity contribution in [2.75, 3.05) is 11.1 Å². The molecule has 0 fully saturated rings. The Morgan fingerprint density at radius 1 is 1.29 bits per heavy atom. The maximum Gasteiger partial charge on any atom is 0.228 e. The van der Waals surface area contributed by atoms with Crippen LogP contribution in [-0.2, 0) is 11.2 Å². The summed E-state index contributed by atoms with van der Waals surface area (Å²) in [4.78, 5) is 16.0. The van der Waals surface area contributed by atoms with Gasteiger partial charge in [-0.2, -0.15) is 0 Å². The van der Waals surface area contributed by atoms with Crippen LogP contribution in [0.4, 0.5) is 11.5 Å². The second kappa shape index (κ2) is 4.23. The lowest BCUT2D eigenvalue weighted by Gasteiger charge is -2.03. The Morgan fingerprint density at radius 2 is 2.14 bits per heavy atom. The molecule has 0 bridgehead atoms. The smallest absolute Gasteiger partial charge is 0.228 e. The molecular weight excluding hydrogens is 288 g/mol. The van der Waals surface area contributed by atoms with E-state index < -0.39 is 0 Å². The highest BCUT2D eigenvalue weighted by atomic mass is 35.5. The summed E-state index contributed by atoms with van der Waals surface area (Å²) >= 11 is 5.98. The van der Waals surface area contributed by atoms with E-state index in [2.05, 4.69) is 10.3 Å². The van der Waals surface area contributed by atoms with Gasteiger partial charge in [-0.15, -0.1) is 0 Å². The van der Waals surface area contributed by atoms with Crippen molar-refractivity contribution in [3.63, 3.8) is 0 Å². The number of fused-ring (bicyclic) bond motifs is 2. The van der Waals surface area contributed by atoms with Gasteiger partial charge in [-0.25, -0.2) is 4.98 Å². The lowest BCUT2D eigenvalue weighted by molar-refractivity contribution is -0.115. The van der Waals surface area contributed by atoms with Crippen molar-refractivity contribution < 1.29 is 4.79 Å². The van der Waals surface area contributed by atoms with Crippen molar-refractivity contribution in [1.29, 1.82) is 0 Å². The van der Waals surface area contributed by atoms with Gasteiger partial charge >= 0.3 is 0 Å². The van der Waals surface area contributed by atoms with Gasteiger partial charge < -0.3 is 11.1 Å². The van der Waals surface area contributed by atoms with Crippen LogP contribution in [0.15, 0.2) is 36.5 Å². The quantitative estimate of drug-likeness (QED) is 0.725. The summed E-state index contributed by atoms with van der Waals surface area (Å²) in [6.45, 7) is 0. The largest absolute Gasteiger partial charge is 0.383 e. The Hall–Kier alpha value is -2.53. The summed E-state index contributed by atoms with van der Waals surface area (Å²) in [7, 11) is 0. The van der Waals surface area contributed by atoms with Crippen LogP contribution in [0, 0.1) is 0 Å². The Morgan fingerprint density at radius 3 is 3.00 bits per heavy atom. The third kappa shape index (κ3) is 1.86. The molecule has 0 spiro atoms. The minimum Gasteiger partial charge on any atom is -0.383 e. The van der Waals surface area contributed by atoms with Crippen LogP contribution in [0.1, 0.15) is 5.56 Å². The number of benzene rings is 1. The zero-order valence-electron chi connectivity index (χ0n) is 10.9. The third-order valence-corrected chi connectivity index (χ3v) is 3.86. The summed E-state index contributed by atoms with van der Waals surface area (Å²) in [6.07, 6.45) is 2.18. The van der Waals surface area contributed by atoms with Gasteiger partial charge in [0.15, 0.2) is 0 Å². The molecule has 2 aromatic heterocycles. The van der Waals surface area contributed by atoms with Crippen molar-refractivity contribution in [3.8, 4) is 11.3 Å². The van der Waals surface area contributed by atoms with Crippen molar-refractivity contribution in [2.24, 2.45) is 0 Å². The number of rotatable bonds is 1. The van der Waals surface area contributed by atoms with Crippen LogP contribution < -0.4 is 11.1 Å². The van der Waals surface area contributed by atoms with E-state index in [0.717, 1.165) is 16.8 Å². The Labute approximate surface area is 125 Å². The summed E-state index contributed by atoms with van der Waals surface area (Å²) in [5.74, 6) is 0.566. The van der Waals surface area contributed by atoms with Gasteiger partial charge in [0.2, 0.25) is 5.91 Å². The van der Waals surface area contributed by atoms with E-state index in [-0.39, 0.29) is 5.91 Å². The predicted molar refractivity (Wildman–Crippen MR) is 82.4 cm³/mol. The average Bonchev–Trinajstić information content (AvgIpc) is 2.97. The minimum absolute atomic E-state index is 0.0110. The molecule has 0 saturated carbocycles. The number of imidazole rings is 1. The molecule has 0 radical (unpaired) electrons. The van der Waals surface area contributed by atoms with Gasteiger partial charge in [0.05, 0.1) is 6.42 Å². The molecule has 21 heavy (non-hydrogen) atoms. The molecule has 1 aromatic carbocycles. The molecule has 3 heterocycles. The molecule has 6 heteroatoms. The van der Waals surface area contributed by atoms with Crippen molar-refractivity contribution in [2.45, 2.75) is 6.42 Å². The van der Waals surface area contributed by atoms with Crippen molar-refractivity contribution >= 4 is 34.7 Å². The first-order chi connectivity index (χ1) is 10.1. The van der Waals surface area contributed by atoms with Gasteiger partial charge in [0.25, 0.3) is 0 Å². The van der Waals surface area contributed by atoms with Gasteiger partial charge in [0, 0.05) is 28.5 Å². The summed E-state index contributed by atoms with van der Waals surface area (Å²) in [5, 5.41) is 3.43. The highest BCUT2D eigenvalue weighted by Gasteiger charge is 2.19. The molecule has 104 valence electrons. The standard InChI is InChI=1S/C15H11ClN4O/c16-10-3-4-20-12(7-10)19-14(15(20)17)8-1-2-11-9(5-8)6-13(21)18-11/h1-5,7H,6,17H2,(H,18,21). The van der Waals surface area contributed by atoms with Gasteiger partial charge in [-0.1, -0.05) is 17.7 Å². The van der Waals surface area contributed by atoms with Crippen molar-refractivity contribution in [3.05, 3.63) is 47.1 Å². The van der Waals surface area contributed by atoms with Crippen LogP contribution in [0.3, 0.4) is 0 Å². The number of hydrogen-bond acceptors (Lipinski definition) is 3. The second-order valence-corrected chi connectivity index (χ2v) is 5.45. The summed E-state index contributed by atoms with van der Waals surface area (Å²) in [6, 6.07) is 9.27. The molecule has 1 amide bonds. The van der Waals surface area contributed by atoms with Crippen LogP contribution in [0.5, 0.6) is 0 Å². The molecule has 1 aliphatic rings. The predicted octanol–water partition coefficient (Wildman–Crippen LogP) is 2.73. The van der Waals surface area contributed by atoms with Gasteiger partial charge in [-0.05, 0) is 23.8 Å². The molecule has 4 rings (SSSR count). The van der Waals surface area contributed by atoms with Gasteiger partial charge in [0.1, 0.15) is 17.2 Å². The highest BCUT2D eigenvalue weighted by Crippen LogP contribution is 2.32. The summed E-state index contributed by atoms with van der Waals surface area (Å²) < 4.78 is 1.79. The zero-order valence-corrected chi connectivity index (χ0v) is 11.7. The van der Waals surface area contributed by atoms with E-state index in [4.69, 9.17) is 17.3 Å². The molecule has 0 atom stereocenters. The number of aromatic nitrogens is 2. The normalized spacial score (nSPS) is 13.5. The lowest BCUT2D eigenvalue weighted by atomic mass is 10.1. The van der Waals surface area contributed by atoms with Crippen LogP contribution in [0.25, 0.3) is 16.9 Å². The average molecular weight is 299 g/mol. The number of anilines is 2. The topological polar surface area (TPSA) is 72.4 Å². The number of nitrogens with zero attached hydrogens (tertiary/aromatic N) is 2. The fourth-order valence-corrected chi connectivity index (χ4v) is 2.78. The number of amides is 1. The zero-order chi connectivity index (χ0) is 14.6. The fourth-order valence-electron chi connectivity index (χ4n) is 2.63. The molecule has 3 aromatic rings. The first kappa shape index (κ1) is 12.2. The second-order valence-electron chi connectivity index (χ2n) is 5.02. The number of nitrogen functional groups attached to an aromatic ring is 1. The third-order valence-electron chi connectivity index (χ3n) is 3.63. The maximum absolute atomic E-state index is 11.4. The number of carbonyl (C=O) groups is 1. The Bertz CT molecular complexity index is 900. The molecule has 5 nitrogen and oxygen atoms in total. The number of halogens is 1. The van der Waals surface area contributed by atoms with Gasteiger partial charge in [-0.3, -0.25) is 9.20 Å². The SMILES string of the molecule is Nc1c(-c2ccc3c(c2)CC(=O)N3)nc2cc(Cl)ccn12. The van der Waals surface area contributed by atoms with E-state index in [1.807, 2.05) is 18.2 Å². The molecule has 0 saturated heterocycles. The molecule has 1 aliphatic heterocycles. The molecule has 0 aliphatic carbocycles. The monoisotopic (exact) mass is 298 g/mol. The fraction of sp³-hybridized carbons (Fsp3) is 0.0667. The van der Waals surface area contributed by atoms with Crippen molar-refractivity contribution in [1.82, 2.24) is 9.38 Å². The Kier molecular flexibility index (Phi) is 2.46. The van der Waals surface area contributed by atoms with E-state index >= 15 is 0 Å². The van der Waals surface area contributed by atoms with Crippen LogP contribution in [0.2, 0.25) is 5.02 Å². The number of carbonyl (C=O) groups excluding carboxylic acids is 1. The van der Waals surface area contributed by atoms with E-state index in [0.29, 0.717) is 28.6 Å². The van der Waals surface area contributed by atoms with Crippen LogP contribution in [-0.4, -0.2) is 15.3 Å². The summed E-state index contributed by atoms with van der Waals surface area (Å²) in [5.41, 5.74) is 10.3. The first-order valence-electron chi connectivity index (χ1n) is 6.48. The first-order valence-corrected chi connectivity index (χ1v) is 6.86. The number of hydrogen-bond donors (Lipinski definition) is 2. The number of nitrogens with two attached hydrogens (primary N) is 1. The van der Waals surface area contributed by atoms with E-state index in [9.17, 15) is 4.79 Å². The minimum atomic E-state index is 0.0110. The lowest BCUT2D eigenvalue weighted by Crippen LogP contribution is -2.03. The van der Waals surface area contributed by atoms with E-state index in [1.165, 1.54) is 0 Å². The number of nitrogens with one attached hydrogen (secondary N) is 1. The van der Waals surface area contributed by atoms with E-state index in [1.54, 1.807) is 22.7 Å². The molecule has 0 unspecified atom stereocenters. The number of pyridine rings is 1.